The van der Waals surface area contributed by atoms with Gasteiger partial charge in [-0.05, 0) is 45.1 Å². The van der Waals surface area contributed by atoms with Crippen molar-refractivity contribution in [1.82, 2.24) is 4.90 Å². The summed E-state index contributed by atoms with van der Waals surface area (Å²) in [5.41, 5.74) is 1.52. The van der Waals surface area contributed by atoms with Crippen molar-refractivity contribution in [2.45, 2.75) is 52.0 Å². The quantitative estimate of drug-likeness (QED) is 0.833. The Bertz CT molecular complexity index is 710. The van der Waals surface area contributed by atoms with Crippen LogP contribution in [0.5, 0.6) is 0 Å². The summed E-state index contributed by atoms with van der Waals surface area (Å²) in [5, 5.41) is 3.47. The number of fused-ring (bicyclic) bond motifs is 1. The maximum atomic E-state index is 12.7. The van der Waals surface area contributed by atoms with Crippen LogP contribution in [0.15, 0.2) is 0 Å². The fourth-order valence-electron chi connectivity index (χ4n) is 3.59. The lowest BCUT2D eigenvalue weighted by Crippen LogP contribution is -2.33. The second kappa shape index (κ2) is 7.15. The van der Waals surface area contributed by atoms with E-state index in [0.29, 0.717) is 17.1 Å². The van der Waals surface area contributed by atoms with Crippen LogP contribution in [0.3, 0.4) is 0 Å². The molecule has 136 valence electrons. The van der Waals surface area contributed by atoms with Gasteiger partial charge in [-0.1, -0.05) is 0 Å². The number of methoxy groups -OCH3 is 1. The van der Waals surface area contributed by atoms with Crippen LogP contribution in [0.25, 0.3) is 0 Å². The molecule has 1 aromatic rings. The molecular formula is C18H24N2O4S. The molecule has 7 heteroatoms. The summed E-state index contributed by atoms with van der Waals surface area (Å²) in [7, 11) is 1.36. The van der Waals surface area contributed by atoms with E-state index in [9.17, 15) is 14.4 Å². The van der Waals surface area contributed by atoms with Crippen molar-refractivity contribution < 1.29 is 19.1 Å². The minimum Gasteiger partial charge on any atom is -0.465 e. The molecule has 1 saturated heterocycles. The summed E-state index contributed by atoms with van der Waals surface area (Å²) in [6.45, 7) is 4.32. The van der Waals surface area contributed by atoms with Gasteiger partial charge in [0.05, 0.1) is 18.6 Å². The van der Waals surface area contributed by atoms with Crippen LogP contribution >= 0.6 is 11.3 Å². The van der Waals surface area contributed by atoms with Gasteiger partial charge in [0.15, 0.2) is 0 Å². The maximum absolute atomic E-state index is 12.7. The summed E-state index contributed by atoms with van der Waals surface area (Å²) in [6, 6.07) is 0.0879. The van der Waals surface area contributed by atoms with Gasteiger partial charge in [0.2, 0.25) is 11.8 Å². The molecule has 1 unspecified atom stereocenters. The number of nitrogens with one attached hydrogen (secondary N) is 1. The van der Waals surface area contributed by atoms with Crippen LogP contribution in [-0.4, -0.2) is 42.4 Å². The van der Waals surface area contributed by atoms with Crippen LogP contribution in [0, 0.1) is 5.92 Å². The molecule has 2 aliphatic rings. The van der Waals surface area contributed by atoms with E-state index in [-0.39, 0.29) is 30.2 Å². The molecule has 0 saturated carbocycles. The largest absolute Gasteiger partial charge is 0.465 e. The van der Waals surface area contributed by atoms with Crippen molar-refractivity contribution in [3.8, 4) is 0 Å². The van der Waals surface area contributed by atoms with E-state index in [1.807, 2.05) is 13.8 Å². The Morgan fingerprint density at radius 3 is 2.64 bits per heavy atom. The first kappa shape index (κ1) is 17.9. The molecule has 0 spiro atoms. The van der Waals surface area contributed by atoms with Crippen LogP contribution < -0.4 is 5.32 Å². The number of carbonyl (C=O) groups excluding carboxylic acids is 3. The number of hydrogen-bond acceptors (Lipinski definition) is 5. The molecular weight excluding hydrogens is 340 g/mol. The number of rotatable bonds is 4. The van der Waals surface area contributed by atoms with Gasteiger partial charge in [-0.2, -0.15) is 0 Å². The van der Waals surface area contributed by atoms with Crippen LogP contribution in [0.4, 0.5) is 5.00 Å². The summed E-state index contributed by atoms with van der Waals surface area (Å²) in [4.78, 5) is 39.8. The average Bonchev–Trinajstić information content (AvgIpc) is 3.14. The van der Waals surface area contributed by atoms with E-state index in [0.717, 1.165) is 36.1 Å². The molecule has 3 rings (SSSR count). The minimum atomic E-state index is -0.402. The highest BCUT2D eigenvalue weighted by Crippen LogP contribution is 2.39. The van der Waals surface area contributed by atoms with Gasteiger partial charge in [-0.15, -0.1) is 11.3 Å². The number of esters is 1. The van der Waals surface area contributed by atoms with Crippen molar-refractivity contribution in [3.63, 3.8) is 0 Å². The number of anilines is 1. The lowest BCUT2D eigenvalue weighted by atomic mass is 9.95. The summed E-state index contributed by atoms with van der Waals surface area (Å²) < 4.78 is 4.93. The highest BCUT2D eigenvalue weighted by molar-refractivity contribution is 7.17. The number of ether oxygens (including phenoxy) is 1. The van der Waals surface area contributed by atoms with Crippen molar-refractivity contribution in [3.05, 3.63) is 16.0 Å². The van der Waals surface area contributed by atoms with Gasteiger partial charge in [-0.3, -0.25) is 9.59 Å². The number of amides is 2. The lowest BCUT2D eigenvalue weighted by Gasteiger charge is -2.20. The second-order valence-corrected chi connectivity index (χ2v) is 8.04. The van der Waals surface area contributed by atoms with Gasteiger partial charge >= 0.3 is 5.97 Å². The molecule has 0 radical (unpaired) electrons. The standard InChI is InChI=1S/C18H24N2O4S/c1-10(2)20-9-11(8-14(20)21)16(22)19-17-15(18(23)24-3)12-6-4-5-7-13(12)25-17/h10-11H,4-9H2,1-3H3,(H,19,22). The zero-order chi connectivity index (χ0) is 18.1. The van der Waals surface area contributed by atoms with E-state index in [4.69, 9.17) is 4.74 Å². The third kappa shape index (κ3) is 3.42. The van der Waals surface area contributed by atoms with Crippen LogP contribution in [0.2, 0.25) is 0 Å². The fraction of sp³-hybridized carbons (Fsp3) is 0.611. The zero-order valence-corrected chi connectivity index (χ0v) is 15.7. The van der Waals surface area contributed by atoms with Gasteiger partial charge in [0.1, 0.15) is 5.00 Å². The van der Waals surface area contributed by atoms with E-state index >= 15 is 0 Å². The van der Waals surface area contributed by atoms with E-state index in [1.54, 1.807) is 4.90 Å². The molecule has 1 aliphatic heterocycles. The number of likely N-dealkylation sites (tertiary alicyclic amines) is 1. The SMILES string of the molecule is COC(=O)c1c(NC(=O)C2CC(=O)N(C(C)C)C2)sc2c1CCCC2. The first-order valence-corrected chi connectivity index (χ1v) is 9.57. The number of nitrogens with zero attached hydrogens (tertiary/aromatic N) is 1. The Hall–Kier alpha value is -1.89. The maximum Gasteiger partial charge on any atom is 0.341 e. The molecule has 1 fully saturated rings. The first-order chi connectivity index (χ1) is 11.9. The highest BCUT2D eigenvalue weighted by Gasteiger charge is 2.36. The minimum absolute atomic E-state index is 0.00816. The molecule has 0 bridgehead atoms. The van der Waals surface area contributed by atoms with Crippen molar-refractivity contribution in [2.24, 2.45) is 5.92 Å². The Labute approximate surface area is 151 Å². The molecule has 6 nitrogen and oxygen atoms in total. The molecule has 25 heavy (non-hydrogen) atoms. The Morgan fingerprint density at radius 1 is 1.28 bits per heavy atom. The Kier molecular flexibility index (Phi) is 5.13. The number of thiophene rings is 1. The third-order valence-electron chi connectivity index (χ3n) is 4.95. The monoisotopic (exact) mass is 364 g/mol. The molecule has 1 aliphatic carbocycles. The summed E-state index contributed by atoms with van der Waals surface area (Å²) >= 11 is 1.47. The summed E-state index contributed by atoms with van der Waals surface area (Å²) in [5.74, 6) is -0.963. The average molecular weight is 364 g/mol. The number of aryl methyl sites for hydroxylation is 1. The molecule has 1 N–H and O–H groups in total. The normalized spacial score (nSPS) is 19.9. The zero-order valence-electron chi connectivity index (χ0n) is 14.9. The van der Waals surface area contributed by atoms with Gasteiger partial charge in [0, 0.05) is 23.9 Å². The van der Waals surface area contributed by atoms with E-state index in [2.05, 4.69) is 5.32 Å². The van der Waals surface area contributed by atoms with E-state index < -0.39 is 5.97 Å². The first-order valence-electron chi connectivity index (χ1n) is 8.75. The molecule has 2 heterocycles. The third-order valence-corrected chi connectivity index (χ3v) is 6.16. The molecule has 1 atom stereocenters. The Morgan fingerprint density at radius 2 is 2.00 bits per heavy atom. The smallest absolute Gasteiger partial charge is 0.341 e. The van der Waals surface area contributed by atoms with Crippen LogP contribution in [0.1, 0.15) is 53.9 Å². The van der Waals surface area contributed by atoms with Crippen molar-refractivity contribution >= 4 is 34.1 Å². The molecule has 1 aromatic heterocycles. The summed E-state index contributed by atoms with van der Waals surface area (Å²) in [6.07, 6.45) is 4.14. The highest BCUT2D eigenvalue weighted by atomic mass is 32.1. The van der Waals surface area contributed by atoms with Gasteiger partial charge in [-0.25, -0.2) is 4.79 Å². The topological polar surface area (TPSA) is 75.7 Å². The van der Waals surface area contributed by atoms with E-state index in [1.165, 1.54) is 18.4 Å². The van der Waals surface area contributed by atoms with Crippen molar-refractivity contribution in [1.29, 1.82) is 0 Å². The molecule has 2 amide bonds. The fourth-order valence-corrected chi connectivity index (χ4v) is 4.87. The lowest BCUT2D eigenvalue weighted by molar-refractivity contribution is -0.129. The predicted octanol–water partition coefficient (Wildman–Crippen LogP) is 2.61. The van der Waals surface area contributed by atoms with Gasteiger partial charge in [0.25, 0.3) is 0 Å². The Balaban J connectivity index is 1.81. The molecule has 0 aromatic carbocycles. The van der Waals surface area contributed by atoms with Crippen LogP contribution in [-0.2, 0) is 27.2 Å². The van der Waals surface area contributed by atoms with Gasteiger partial charge < -0.3 is 15.0 Å². The number of hydrogen-bond donors (Lipinski definition) is 1. The number of carbonyl (C=O) groups is 3. The second-order valence-electron chi connectivity index (χ2n) is 6.94. The predicted molar refractivity (Wildman–Crippen MR) is 95.9 cm³/mol. The van der Waals surface area contributed by atoms with Crippen molar-refractivity contribution in [2.75, 3.05) is 19.0 Å².